The number of hydrogen-bond acceptors (Lipinski definition) is 2. The van der Waals surface area contributed by atoms with E-state index in [9.17, 15) is 9.18 Å². The van der Waals surface area contributed by atoms with Crippen LogP contribution in [0.25, 0.3) is 0 Å². The van der Waals surface area contributed by atoms with Crippen molar-refractivity contribution in [2.24, 2.45) is 0 Å². The van der Waals surface area contributed by atoms with Gasteiger partial charge in [-0.1, -0.05) is 18.2 Å². The van der Waals surface area contributed by atoms with Crippen molar-refractivity contribution >= 4 is 11.5 Å². The Morgan fingerprint density at radius 3 is 2.67 bits per heavy atom. The van der Waals surface area contributed by atoms with Gasteiger partial charge in [-0.15, -0.1) is 0 Å². The van der Waals surface area contributed by atoms with Gasteiger partial charge in [0.05, 0.1) is 0 Å². The van der Waals surface area contributed by atoms with Crippen molar-refractivity contribution in [1.29, 1.82) is 0 Å². The molecule has 0 saturated heterocycles. The van der Waals surface area contributed by atoms with Gasteiger partial charge in [-0.2, -0.15) is 0 Å². The minimum atomic E-state index is -0.309. The van der Waals surface area contributed by atoms with E-state index in [0.29, 0.717) is 18.5 Å². The smallest absolute Gasteiger partial charge is 0.164 e. The van der Waals surface area contributed by atoms with Crippen molar-refractivity contribution in [3.8, 4) is 0 Å². The van der Waals surface area contributed by atoms with Crippen LogP contribution in [0.2, 0.25) is 0 Å². The van der Waals surface area contributed by atoms with E-state index in [4.69, 9.17) is 0 Å². The summed E-state index contributed by atoms with van der Waals surface area (Å²) in [6.45, 7) is 1.71. The number of anilines is 1. The molecule has 0 spiro atoms. The van der Waals surface area contributed by atoms with Crippen LogP contribution < -0.4 is 4.90 Å². The number of nitrogens with zero attached hydrogens (tertiary/aromatic N) is 1. The number of benzene rings is 2. The third-order valence-electron chi connectivity index (χ3n) is 3.98. The summed E-state index contributed by atoms with van der Waals surface area (Å²) in [6, 6.07) is 14.2. The number of halogens is 1. The number of ketones is 1. The summed E-state index contributed by atoms with van der Waals surface area (Å²) in [7, 11) is 0. The maximum Gasteiger partial charge on any atom is 0.164 e. The Labute approximate surface area is 124 Å². The summed E-state index contributed by atoms with van der Waals surface area (Å²) in [5.74, 6) is -0.241. The van der Waals surface area contributed by atoms with E-state index in [2.05, 4.69) is 23.1 Å². The molecule has 3 rings (SSSR count). The summed E-state index contributed by atoms with van der Waals surface area (Å²) in [5.41, 5.74) is 3.19. The van der Waals surface area contributed by atoms with E-state index in [1.807, 2.05) is 6.07 Å². The molecular weight excluding hydrogens is 265 g/mol. The molecule has 0 fully saturated rings. The van der Waals surface area contributed by atoms with Crippen molar-refractivity contribution in [2.75, 3.05) is 18.0 Å². The zero-order valence-corrected chi connectivity index (χ0v) is 11.9. The molecule has 2 nitrogen and oxygen atoms in total. The third kappa shape index (κ3) is 3.13. The molecule has 2 aromatic rings. The molecule has 21 heavy (non-hydrogen) atoms. The molecule has 0 atom stereocenters. The number of aryl methyl sites for hydroxylation is 1. The fourth-order valence-corrected chi connectivity index (χ4v) is 2.86. The van der Waals surface area contributed by atoms with Gasteiger partial charge in [-0.3, -0.25) is 4.79 Å². The Bertz CT molecular complexity index is 636. The molecule has 0 bridgehead atoms. The maximum atomic E-state index is 12.9. The first kappa shape index (κ1) is 13.8. The molecule has 0 unspecified atom stereocenters. The number of rotatable bonds is 4. The predicted octanol–water partition coefficient (Wildman–Crippen LogP) is 3.85. The molecule has 2 aromatic carbocycles. The van der Waals surface area contributed by atoms with Crippen LogP contribution >= 0.6 is 0 Å². The molecule has 1 aliphatic heterocycles. The van der Waals surface area contributed by atoms with Crippen LogP contribution in [-0.2, 0) is 6.42 Å². The number of carbonyl (C=O) groups is 1. The highest BCUT2D eigenvalue weighted by Gasteiger charge is 2.17. The lowest BCUT2D eigenvalue weighted by atomic mass is 10.0. The molecular formula is C18H18FNO. The third-order valence-corrected chi connectivity index (χ3v) is 3.98. The highest BCUT2D eigenvalue weighted by atomic mass is 19.1. The molecule has 1 aliphatic rings. The second-order valence-electron chi connectivity index (χ2n) is 5.40. The Hall–Kier alpha value is -2.16. The number of Topliss-reactive ketones (excluding diaryl/α,β-unsaturated/α-hetero) is 1. The number of para-hydroxylation sites is 1. The minimum Gasteiger partial charge on any atom is -0.371 e. The average molecular weight is 283 g/mol. The molecule has 0 amide bonds. The number of hydrogen-bond donors (Lipinski definition) is 0. The van der Waals surface area contributed by atoms with E-state index in [-0.39, 0.29) is 11.6 Å². The van der Waals surface area contributed by atoms with Crippen LogP contribution in [0.3, 0.4) is 0 Å². The Kier molecular flexibility index (Phi) is 4.00. The van der Waals surface area contributed by atoms with Crippen LogP contribution in [0.15, 0.2) is 48.5 Å². The molecule has 108 valence electrons. The van der Waals surface area contributed by atoms with Crippen molar-refractivity contribution < 1.29 is 9.18 Å². The van der Waals surface area contributed by atoms with Gasteiger partial charge >= 0.3 is 0 Å². The first-order chi connectivity index (χ1) is 10.2. The van der Waals surface area contributed by atoms with E-state index in [1.54, 1.807) is 12.1 Å². The zero-order chi connectivity index (χ0) is 14.7. The number of fused-ring (bicyclic) bond motifs is 1. The lowest BCUT2D eigenvalue weighted by Crippen LogP contribution is -2.31. The summed E-state index contributed by atoms with van der Waals surface area (Å²) in [5, 5.41) is 0. The van der Waals surface area contributed by atoms with Crippen molar-refractivity contribution in [3.05, 3.63) is 65.5 Å². The van der Waals surface area contributed by atoms with Crippen molar-refractivity contribution in [3.63, 3.8) is 0 Å². The summed E-state index contributed by atoms with van der Waals surface area (Å²) in [4.78, 5) is 14.4. The van der Waals surface area contributed by atoms with Crippen molar-refractivity contribution in [2.45, 2.75) is 19.3 Å². The second kappa shape index (κ2) is 6.08. The van der Waals surface area contributed by atoms with E-state index in [1.165, 1.54) is 23.4 Å². The molecule has 0 N–H and O–H groups in total. The summed E-state index contributed by atoms with van der Waals surface area (Å²) in [6.07, 6.45) is 2.69. The first-order valence-corrected chi connectivity index (χ1v) is 7.35. The normalized spacial score (nSPS) is 13.9. The van der Waals surface area contributed by atoms with Gasteiger partial charge in [0.2, 0.25) is 0 Å². The molecule has 3 heteroatoms. The lowest BCUT2D eigenvalue weighted by molar-refractivity contribution is 0.0984. The Morgan fingerprint density at radius 1 is 1.10 bits per heavy atom. The summed E-state index contributed by atoms with van der Waals surface area (Å²) >= 11 is 0. The molecule has 0 radical (unpaired) electrons. The monoisotopic (exact) mass is 283 g/mol. The Balaban J connectivity index is 1.66. The maximum absolute atomic E-state index is 12.9. The lowest BCUT2D eigenvalue weighted by Gasteiger charge is -2.31. The second-order valence-corrected chi connectivity index (χ2v) is 5.40. The zero-order valence-electron chi connectivity index (χ0n) is 11.9. The number of carbonyl (C=O) groups excluding carboxylic acids is 1. The van der Waals surface area contributed by atoms with Gasteiger partial charge in [0.1, 0.15) is 5.82 Å². The van der Waals surface area contributed by atoms with E-state index < -0.39 is 0 Å². The van der Waals surface area contributed by atoms with Crippen LogP contribution in [0, 0.1) is 5.82 Å². The van der Waals surface area contributed by atoms with Crippen LogP contribution in [0.1, 0.15) is 28.8 Å². The quantitative estimate of drug-likeness (QED) is 0.794. The standard InChI is InChI=1S/C18H18FNO/c19-16-9-7-15(8-10-16)18(21)11-13-20-12-3-5-14-4-1-2-6-17(14)20/h1-2,4,6-10H,3,5,11-13H2. The van der Waals surface area contributed by atoms with Crippen LogP contribution in [0.5, 0.6) is 0 Å². The predicted molar refractivity (Wildman–Crippen MR) is 82.3 cm³/mol. The average Bonchev–Trinajstić information content (AvgIpc) is 2.53. The van der Waals surface area contributed by atoms with Gasteiger partial charge in [-0.05, 0) is 48.7 Å². The van der Waals surface area contributed by atoms with Crippen molar-refractivity contribution in [1.82, 2.24) is 0 Å². The minimum absolute atomic E-state index is 0.0676. The fraction of sp³-hybridized carbons (Fsp3) is 0.278. The van der Waals surface area contributed by atoms with Gasteiger partial charge in [0.25, 0.3) is 0 Å². The molecule has 0 saturated carbocycles. The highest BCUT2D eigenvalue weighted by molar-refractivity contribution is 5.96. The molecule has 0 aliphatic carbocycles. The Morgan fingerprint density at radius 2 is 1.86 bits per heavy atom. The molecule has 1 heterocycles. The van der Waals surface area contributed by atoms with Crippen LogP contribution in [0.4, 0.5) is 10.1 Å². The largest absolute Gasteiger partial charge is 0.371 e. The first-order valence-electron chi connectivity index (χ1n) is 7.35. The topological polar surface area (TPSA) is 20.3 Å². The van der Waals surface area contributed by atoms with Gasteiger partial charge in [0.15, 0.2) is 5.78 Å². The fourth-order valence-electron chi connectivity index (χ4n) is 2.86. The van der Waals surface area contributed by atoms with Gasteiger partial charge in [-0.25, -0.2) is 4.39 Å². The van der Waals surface area contributed by atoms with E-state index >= 15 is 0 Å². The van der Waals surface area contributed by atoms with Crippen LogP contribution in [-0.4, -0.2) is 18.9 Å². The van der Waals surface area contributed by atoms with Gasteiger partial charge < -0.3 is 4.90 Å². The summed E-state index contributed by atoms with van der Waals surface area (Å²) < 4.78 is 12.9. The highest BCUT2D eigenvalue weighted by Crippen LogP contribution is 2.26. The molecule has 0 aromatic heterocycles. The SMILES string of the molecule is O=C(CCN1CCCc2ccccc21)c1ccc(F)cc1. The van der Waals surface area contributed by atoms with Gasteiger partial charge in [0, 0.05) is 30.8 Å². The van der Waals surface area contributed by atoms with E-state index in [0.717, 1.165) is 19.4 Å².